The second-order valence-corrected chi connectivity index (χ2v) is 8.84. The zero-order valence-electron chi connectivity index (χ0n) is 16.8. The standard InChI is InChI=1S/C24H24N4OS/c29-23(18-9-3-1-4-10-18)28(24-26-21-13-7-8-14-22(21)30-24)16-19-15-27(17-25-19)20-11-5-2-6-12-20/h2,5-8,11-15,17-18H,1,3-4,9-10,16H2. The number of hydrogen-bond acceptors (Lipinski definition) is 4. The fraction of sp³-hybridized carbons (Fsp3) is 0.292. The molecular weight excluding hydrogens is 392 g/mol. The molecule has 2 aromatic carbocycles. The van der Waals surface area contributed by atoms with Gasteiger partial charge in [0.15, 0.2) is 5.13 Å². The maximum Gasteiger partial charge on any atom is 0.232 e. The molecule has 1 aliphatic carbocycles. The minimum Gasteiger partial charge on any atom is -0.306 e. The predicted octanol–water partition coefficient (Wildman–Crippen LogP) is 5.60. The molecule has 0 bridgehead atoms. The van der Waals surface area contributed by atoms with E-state index in [-0.39, 0.29) is 11.8 Å². The van der Waals surface area contributed by atoms with E-state index < -0.39 is 0 Å². The molecule has 1 saturated carbocycles. The molecule has 5 nitrogen and oxygen atoms in total. The molecule has 0 atom stereocenters. The van der Waals surface area contributed by atoms with Crippen molar-refractivity contribution in [2.75, 3.05) is 4.90 Å². The second-order valence-electron chi connectivity index (χ2n) is 7.83. The lowest BCUT2D eigenvalue weighted by molar-refractivity contribution is -0.123. The van der Waals surface area contributed by atoms with E-state index in [2.05, 4.69) is 11.1 Å². The van der Waals surface area contributed by atoms with Crippen LogP contribution in [0.4, 0.5) is 5.13 Å². The summed E-state index contributed by atoms with van der Waals surface area (Å²) in [6, 6.07) is 18.2. The first kappa shape index (κ1) is 19.0. The van der Waals surface area contributed by atoms with Gasteiger partial charge in [-0.2, -0.15) is 0 Å². The Hall–Kier alpha value is -2.99. The number of carbonyl (C=O) groups is 1. The number of imidazole rings is 1. The average Bonchev–Trinajstić information content (AvgIpc) is 3.45. The zero-order chi connectivity index (χ0) is 20.3. The summed E-state index contributed by atoms with van der Waals surface area (Å²) in [6.07, 6.45) is 9.25. The van der Waals surface area contributed by atoms with E-state index in [4.69, 9.17) is 4.98 Å². The maximum absolute atomic E-state index is 13.5. The number of rotatable bonds is 5. The molecule has 6 heteroatoms. The molecular formula is C24H24N4OS. The molecule has 5 rings (SSSR count). The first-order valence-corrected chi connectivity index (χ1v) is 11.3. The number of anilines is 1. The van der Waals surface area contributed by atoms with Crippen molar-refractivity contribution in [3.63, 3.8) is 0 Å². The quantitative estimate of drug-likeness (QED) is 0.426. The number of nitrogens with zero attached hydrogens (tertiary/aromatic N) is 4. The minimum absolute atomic E-state index is 0.0852. The van der Waals surface area contributed by atoms with E-state index >= 15 is 0 Å². The lowest BCUT2D eigenvalue weighted by atomic mass is 9.88. The Kier molecular flexibility index (Phi) is 5.32. The molecule has 2 heterocycles. The third kappa shape index (κ3) is 3.87. The van der Waals surface area contributed by atoms with Crippen molar-refractivity contribution in [2.24, 2.45) is 5.92 Å². The molecule has 0 aliphatic heterocycles. The summed E-state index contributed by atoms with van der Waals surface area (Å²) in [4.78, 5) is 24.7. The lowest BCUT2D eigenvalue weighted by Crippen LogP contribution is -2.36. The first-order valence-electron chi connectivity index (χ1n) is 10.5. The Morgan fingerprint density at radius 1 is 1.03 bits per heavy atom. The van der Waals surface area contributed by atoms with Crippen molar-refractivity contribution in [1.82, 2.24) is 14.5 Å². The van der Waals surface area contributed by atoms with Crippen LogP contribution in [0.5, 0.6) is 0 Å². The van der Waals surface area contributed by atoms with E-state index in [9.17, 15) is 4.79 Å². The highest BCUT2D eigenvalue weighted by atomic mass is 32.1. The van der Waals surface area contributed by atoms with Crippen LogP contribution in [0.2, 0.25) is 0 Å². The van der Waals surface area contributed by atoms with Crippen molar-refractivity contribution < 1.29 is 4.79 Å². The number of fused-ring (bicyclic) bond motifs is 1. The van der Waals surface area contributed by atoms with Gasteiger partial charge in [0.05, 0.1) is 28.8 Å². The molecule has 1 aliphatic rings. The second kappa shape index (κ2) is 8.40. The number of para-hydroxylation sites is 2. The van der Waals surface area contributed by atoms with Gasteiger partial charge in [0, 0.05) is 17.8 Å². The van der Waals surface area contributed by atoms with Crippen LogP contribution in [0, 0.1) is 5.92 Å². The first-order chi connectivity index (χ1) is 14.8. The average molecular weight is 417 g/mol. The van der Waals surface area contributed by atoms with Gasteiger partial charge < -0.3 is 4.57 Å². The van der Waals surface area contributed by atoms with Crippen LogP contribution in [0.15, 0.2) is 67.1 Å². The van der Waals surface area contributed by atoms with Crippen LogP contribution in [0.3, 0.4) is 0 Å². The van der Waals surface area contributed by atoms with Gasteiger partial charge in [-0.3, -0.25) is 9.69 Å². The van der Waals surface area contributed by atoms with Gasteiger partial charge in [-0.05, 0) is 37.1 Å². The van der Waals surface area contributed by atoms with E-state index in [0.29, 0.717) is 6.54 Å². The van der Waals surface area contributed by atoms with Crippen LogP contribution in [0.25, 0.3) is 15.9 Å². The highest BCUT2D eigenvalue weighted by Crippen LogP contribution is 2.33. The predicted molar refractivity (Wildman–Crippen MR) is 121 cm³/mol. The molecule has 0 unspecified atom stereocenters. The van der Waals surface area contributed by atoms with Gasteiger partial charge in [-0.25, -0.2) is 9.97 Å². The molecule has 2 aromatic heterocycles. The number of benzene rings is 2. The Balaban J connectivity index is 1.46. The molecule has 152 valence electrons. The van der Waals surface area contributed by atoms with E-state index in [0.717, 1.165) is 52.4 Å². The van der Waals surface area contributed by atoms with Crippen LogP contribution >= 0.6 is 11.3 Å². The Morgan fingerprint density at radius 3 is 2.60 bits per heavy atom. The fourth-order valence-electron chi connectivity index (χ4n) is 4.13. The largest absolute Gasteiger partial charge is 0.306 e. The topological polar surface area (TPSA) is 51.0 Å². The Morgan fingerprint density at radius 2 is 1.80 bits per heavy atom. The normalized spacial score (nSPS) is 14.8. The third-order valence-electron chi connectivity index (χ3n) is 5.74. The molecule has 1 amide bonds. The van der Waals surface area contributed by atoms with Gasteiger partial charge >= 0.3 is 0 Å². The zero-order valence-corrected chi connectivity index (χ0v) is 17.6. The fourth-order valence-corrected chi connectivity index (χ4v) is 5.10. The summed E-state index contributed by atoms with van der Waals surface area (Å²) in [5.74, 6) is 0.269. The molecule has 4 aromatic rings. The van der Waals surface area contributed by atoms with Gasteiger partial charge in [0.2, 0.25) is 5.91 Å². The van der Waals surface area contributed by atoms with Gasteiger partial charge in [-0.15, -0.1) is 0 Å². The Bertz CT molecular complexity index is 1110. The van der Waals surface area contributed by atoms with Crippen molar-refractivity contribution in [3.8, 4) is 5.69 Å². The molecule has 30 heavy (non-hydrogen) atoms. The molecule has 1 fully saturated rings. The van der Waals surface area contributed by atoms with Crippen molar-refractivity contribution in [1.29, 1.82) is 0 Å². The number of thiazole rings is 1. The molecule has 0 saturated heterocycles. The highest BCUT2D eigenvalue weighted by Gasteiger charge is 2.29. The van der Waals surface area contributed by atoms with Crippen LogP contribution in [0.1, 0.15) is 37.8 Å². The number of amides is 1. The van der Waals surface area contributed by atoms with Crippen molar-refractivity contribution in [2.45, 2.75) is 38.6 Å². The SMILES string of the molecule is O=C(C1CCCCC1)N(Cc1cn(-c2ccccc2)cn1)c1nc2ccccc2s1. The summed E-state index contributed by atoms with van der Waals surface area (Å²) in [7, 11) is 0. The van der Waals surface area contributed by atoms with Crippen LogP contribution < -0.4 is 4.90 Å². The van der Waals surface area contributed by atoms with Gasteiger partial charge in [0.1, 0.15) is 0 Å². The maximum atomic E-state index is 13.5. The van der Waals surface area contributed by atoms with Crippen molar-refractivity contribution in [3.05, 3.63) is 72.8 Å². The van der Waals surface area contributed by atoms with Gasteiger partial charge in [0.25, 0.3) is 0 Å². The lowest BCUT2D eigenvalue weighted by Gasteiger charge is -2.27. The summed E-state index contributed by atoms with van der Waals surface area (Å²) in [5, 5.41) is 0.765. The number of carbonyl (C=O) groups excluding carboxylic acids is 1. The van der Waals surface area contributed by atoms with Crippen LogP contribution in [-0.4, -0.2) is 20.4 Å². The van der Waals surface area contributed by atoms with Crippen LogP contribution in [-0.2, 0) is 11.3 Å². The molecule has 0 spiro atoms. The summed E-state index contributed by atoms with van der Waals surface area (Å²) in [5.41, 5.74) is 2.86. The monoisotopic (exact) mass is 416 g/mol. The minimum atomic E-state index is 0.0852. The summed E-state index contributed by atoms with van der Waals surface area (Å²) < 4.78 is 3.10. The number of aromatic nitrogens is 3. The van der Waals surface area contributed by atoms with E-state index in [1.807, 2.05) is 70.5 Å². The van der Waals surface area contributed by atoms with Gasteiger partial charge in [-0.1, -0.05) is 60.9 Å². The van der Waals surface area contributed by atoms with E-state index in [1.54, 1.807) is 11.3 Å². The molecule has 0 N–H and O–H groups in total. The molecule has 0 radical (unpaired) electrons. The highest BCUT2D eigenvalue weighted by molar-refractivity contribution is 7.22. The summed E-state index contributed by atoms with van der Waals surface area (Å²) in [6.45, 7) is 0.439. The third-order valence-corrected chi connectivity index (χ3v) is 6.80. The van der Waals surface area contributed by atoms with E-state index in [1.165, 1.54) is 6.42 Å². The Labute approximate surface area is 180 Å². The summed E-state index contributed by atoms with van der Waals surface area (Å²) >= 11 is 1.58. The number of hydrogen-bond donors (Lipinski definition) is 0. The smallest absolute Gasteiger partial charge is 0.232 e. The van der Waals surface area contributed by atoms with Crippen molar-refractivity contribution >= 4 is 32.6 Å².